The van der Waals surface area contributed by atoms with Gasteiger partial charge in [-0.15, -0.1) is 24.0 Å². The maximum absolute atomic E-state index is 5.49. The number of rotatable bonds is 8. The van der Waals surface area contributed by atoms with Gasteiger partial charge in [-0.2, -0.15) is 11.8 Å². The molecule has 2 N–H and O–H groups in total. The zero-order valence-corrected chi connectivity index (χ0v) is 18.6. The normalized spacial score (nSPS) is 17.2. The number of para-hydroxylation sites is 2. The molecule has 25 heavy (non-hydrogen) atoms. The van der Waals surface area contributed by atoms with Crippen LogP contribution in [0.4, 0.5) is 5.69 Å². The highest BCUT2D eigenvalue weighted by molar-refractivity contribution is 14.0. The molecule has 1 saturated heterocycles. The Balaban J connectivity index is 0.00000312. The molecular formula is C18H31IN4OS. The van der Waals surface area contributed by atoms with E-state index in [1.165, 1.54) is 12.1 Å². The Hall–Kier alpha value is -0.830. The molecule has 1 fully saturated rings. The van der Waals surface area contributed by atoms with E-state index in [0.717, 1.165) is 50.2 Å². The van der Waals surface area contributed by atoms with Crippen molar-refractivity contribution >= 4 is 47.4 Å². The molecule has 0 saturated carbocycles. The zero-order chi connectivity index (χ0) is 17.2. The van der Waals surface area contributed by atoms with Gasteiger partial charge < -0.3 is 20.3 Å². The third-order valence-corrected chi connectivity index (χ3v) is 4.77. The second-order valence-electron chi connectivity index (χ2n) is 5.91. The molecule has 5 nitrogen and oxygen atoms in total. The van der Waals surface area contributed by atoms with Crippen LogP contribution in [0.5, 0.6) is 5.75 Å². The molecule has 142 valence electrons. The summed E-state index contributed by atoms with van der Waals surface area (Å²) < 4.78 is 5.49. The number of benzene rings is 1. The van der Waals surface area contributed by atoms with E-state index >= 15 is 0 Å². The fourth-order valence-electron chi connectivity index (χ4n) is 2.93. The van der Waals surface area contributed by atoms with Crippen LogP contribution < -0.4 is 20.3 Å². The van der Waals surface area contributed by atoms with Crippen molar-refractivity contribution in [2.45, 2.75) is 13.3 Å². The molecule has 0 aromatic heterocycles. The average Bonchev–Trinajstić information content (AvgIpc) is 3.08. The minimum absolute atomic E-state index is 0. The Morgan fingerprint density at radius 3 is 2.88 bits per heavy atom. The van der Waals surface area contributed by atoms with E-state index in [1.54, 1.807) is 7.11 Å². The quantitative estimate of drug-likeness (QED) is 0.260. The molecule has 1 heterocycles. The number of hydrogen-bond donors (Lipinski definition) is 2. The van der Waals surface area contributed by atoms with Crippen molar-refractivity contribution in [2.75, 3.05) is 56.7 Å². The van der Waals surface area contributed by atoms with Crippen LogP contribution in [0, 0.1) is 5.92 Å². The molecule has 2 rings (SSSR count). The van der Waals surface area contributed by atoms with Crippen molar-refractivity contribution in [2.24, 2.45) is 10.9 Å². The van der Waals surface area contributed by atoms with Crippen molar-refractivity contribution in [3.63, 3.8) is 0 Å². The lowest BCUT2D eigenvalue weighted by Gasteiger charge is -2.21. The van der Waals surface area contributed by atoms with Gasteiger partial charge in [0.25, 0.3) is 0 Å². The molecule has 1 atom stereocenters. The van der Waals surface area contributed by atoms with Crippen LogP contribution in [-0.4, -0.2) is 57.8 Å². The van der Waals surface area contributed by atoms with Crippen molar-refractivity contribution in [1.82, 2.24) is 10.6 Å². The van der Waals surface area contributed by atoms with Gasteiger partial charge in [0.05, 0.1) is 12.8 Å². The Morgan fingerprint density at radius 1 is 1.36 bits per heavy atom. The summed E-state index contributed by atoms with van der Waals surface area (Å²) in [5.41, 5.74) is 1.19. The fraction of sp³-hybridized carbons (Fsp3) is 0.611. The maximum Gasteiger partial charge on any atom is 0.191 e. The number of nitrogens with zero attached hydrogens (tertiary/aromatic N) is 2. The van der Waals surface area contributed by atoms with E-state index in [9.17, 15) is 0 Å². The molecule has 1 aromatic rings. The van der Waals surface area contributed by atoms with Crippen LogP contribution >= 0.6 is 35.7 Å². The van der Waals surface area contributed by atoms with Gasteiger partial charge in [-0.3, -0.25) is 4.99 Å². The van der Waals surface area contributed by atoms with Gasteiger partial charge in [-0.25, -0.2) is 0 Å². The highest BCUT2D eigenvalue weighted by Gasteiger charge is 2.24. The number of hydrogen-bond acceptors (Lipinski definition) is 4. The molecule has 0 radical (unpaired) electrons. The summed E-state index contributed by atoms with van der Waals surface area (Å²) in [4.78, 5) is 7.18. The largest absolute Gasteiger partial charge is 0.495 e. The van der Waals surface area contributed by atoms with Crippen molar-refractivity contribution in [3.05, 3.63) is 24.3 Å². The first-order valence-electron chi connectivity index (χ1n) is 8.67. The first kappa shape index (κ1) is 22.2. The Morgan fingerprint density at radius 2 is 2.16 bits per heavy atom. The molecule has 0 spiro atoms. The zero-order valence-electron chi connectivity index (χ0n) is 15.5. The summed E-state index contributed by atoms with van der Waals surface area (Å²) >= 11 is 1.84. The van der Waals surface area contributed by atoms with Crippen LogP contribution in [0.2, 0.25) is 0 Å². The molecule has 0 bridgehead atoms. The van der Waals surface area contributed by atoms with Crippen molar-refractivity contribution < 1.29 is 4.74 Å². The van der Waals surface area contributed by atoms with Crippen LogP contribution in [0.15, 0.2) is 29.3 Å². The summed E-state index contributed by atoms with van der Waals surface area (Å²) in [5, 5.41) is 6.71. The van der Waals surface area contributed by atoms with Crippen LogP contribution in [0.25, 0.3) is 0 Å². The van der Waals surface area contributed by atoms with Gasteiger partial charge in [0, 0.05) is 38.5 Å². The van der Waals surface area contributed by atoms with E-state index in [0.29, 0.717) is 5.92 Å². The number of anilines is 1. The minimum atomic E-state index is 0. The van der Waals surface area contributed by atoms with Gasteiger partial charge in [0.2, 0.25) is 0 Å². The first-order chi connectivity index (χ1) is 11.8. The number of methoxy groups -OCH3 is 1. The van der Waals surface area contributed by atoms with Crippen LogP contribution in [-0.2, 0) is 0 Å². The minimum Gasteiger partial charge on any atom is -0.495 e. The highest BCUT2D eigenvalue weighted by atomic mass is 127. The van der Waals surface area contributed by atoms with Crippen LogP contribution in [0.3, 0.4) is 0 Å². The smallest absolute Gasteiger partial charge is 0.191 e. The van der Waals surface area contributed by atoms with Crippen molar-refractivity contribution in [3.8, 4) is 5.75 Å². The standard InChI is InChI=1S/C18H30N4OS.HI/c1-4-19-18(20-10-12-24-3)21-13-15-9-11-22(14-15)16-7-5-6-8-17(16)23-2;/h5-8,15H,4,9-14H2,1-3H3,(H2,19,20,21);1H. The molecule has 1 unspecified atom stereocenters. The third-order valence-electron chi connectivity index (χ3n) is 4.16. The number of nitrogens with one attached hydrogen (secondary N) is 2. The van der Waals surface area contributed by atoms with Gasteiger partial charge >= 0.3 is 0 Å². The molecule has 1 aromatic carbocycles. The molecule has 0 aliphatic carbocycles. The lowest BCUT2D eigenvalue weighted by atomic mass is 10.1. The second-order valence-corrected chi connectivity index (χ2v) is 6.90. The van der Waals surface area contributed by atoms with E-state index < -0.39 is 0 Å². The van der Waals surface area contributed by atoms with Crippen LogP contribution in [0.1, 0.15) is 13.3 Å². The van der Waals surface area contributed by atoms with E-state index in [4.69, 9.17) is 9.73 Å². The predicted molar refractivity (Wildman–Crippen MR) is 121 cm³/mol. The molecule has 0 amide bonds. The van der Waals surface area contributed by atoms with Crippen molar-refractivity contribution in [1.29, 1.82) is 0 Å². The summed E-state index contributed by atoms with van der Waals surface area (Å²) in [6, 6.07) is 8.25. The topological polar surface area (TPSA) is 48.9 Å². The molecular weight excluding hydrogens is 447 g/mol. The van der Waals surface area contributed by atoms with Gasteiger partial charge in [0.1, 0.15) is 5.75 Å². The van der Waals surface area contributed by atoms with Gasteiger partial charge in [-0.1, -0.05) is 12.1 Å². The summed E-state index contributed by atoms with van der Waals surface area (Å²) in [6.07, 6.45) is 3.29. The number of halogens is 1. The maximum atomic E-state index is 5.49. The first-order valence-corrected chi connectivity index (χ1v) is 10.1. The SMILES string of the molecule is CCNC(=NCC1CCN(c2ccccc2OC)C1)NCCSC.I. The van der Waals surface area contributed by atoms with E-state index in [1.807, 2.05) is 23.9 Å². The number of aliphatic imine (C=N–C) groups is 1. The van der Waals surface area contributed by atoms with Gasteiger partial charge in [0.15, 0.2) is 5.96 Å². The van der Waals surface area contributed by atoms with Gasteiger partial charge in [-0.05, 0) is 37.7 Å². The lowest BCUT2D eigenvalue weighted by molar-refractivity contribution is 0.414. The summed E-state index contributed by atoms with van der Waals surface area (Å²) in [6.45, 7) is 6.91. The van der Waals surface area contributed by atoms with E-state index in [2.05, 4.69) is 40.8 Å². The summed E-state index contributed by atoms with van der Waals surface area (Å²) in [7, 11) is 1.74. The average molecular weight is 478 g/mol. The molecule has 1 aliphatic rings. The highest BCUT2D eigenvalue weighted by Crippen LogP contribution is 2.31. The Labute approximate surface area is 173 Å². The second kappa shape index (κ2) is 12.5. The predicted octanol–water partition coefficient (Wildman–Crippen LogP) is 3.06. The monoisotopic (exact) mass is 478 g/mol. The molecule has 7 heteroatoms. The fourth-order valence-corrected chi connectivity index (χ4v) is 3.23. The number of thioether (sulfide) groups is 1. The third kappa shape index (κ3) is 7.13. The lowest BCUT2D eigenvalue weighted by Crippen LogP contribution is -2.38. The number of guanidine groups is 1. The Bertz CT molecular complexity index is 530. The summed E-state index contributed by atoms with van der Waals surface area (Å²) in [5.74, 6) is 3.57. The Kier molecular flexibility index (Phi) is 11.1. The van der Waals surface area contributed by atoms with E-state index in [-0.39, 0.29) is 24.0 Å². The molecule has 1 aliphatic heterocycles. The number of ether oxygens (including phenoxy) is 1.